The molecule has 3 aromatic heterocycles. The van der Waals surface area contributed by atoms with Gasteiger partial charge in [-0.05, 0) is 30.3 Å². The second kappa shape index (κ2) is 4.56. The summed E-state index contributed by atoms with van der Waals surface area (Å²) in [5, 5.41) is 5.52. The zero-order valence-corrected chi connectivity index (χ0v) is 11.0. The summed E-state index contributed by atoms with van der Waals surface area (Å²) < 4.78 is 15.1. The first-order valence-corrected chi connectivity index (χ1v) is 6.55. The summed E-state index contributed by atoms with van der Waals surface area (Å²) in [5.41, 5.74) is 3.24. The number of pyridine rings is 1. The minimum Gasteiger partial charge on any atom is -0.346 e. The van der Waals surface area contributed by atoms with Crippen LogP contribution in [0, 0.1) is 5.82 Å². The largest absolute Gasteiger partial charge is 0.346 e. The van der Waals surface area contributed by atoms with Gasteiger partial charge in [-0.1, -0.05) is 12.1 Å². The molecular formula is C16H11FN4. The van der Waals surface area contributed by atoms with Crippen molar-refractivity contribution in [3.05, 3.63) is 66.9 Å². The van der Waals surface area contributed by atoms with Crippen LogP contribution in [0.15, 0.2) is 61.1 Å². The first kappa shape index (κ1) is 11.8. The van der Waals surface area contributed by atoms with Gasteiger partial charge in [-0.15, -0.1) is 0 Å². The highest BCUT2D eigenvalue weighted by atomic mass is 19.1. The maximum absolute atomic E-state index is 13.3. The van der Waals surface area contributed by atoms with Crippen molar-refractivity contribution < 1.29 is 4.39 Å². The molecule has 0 aliphatic heterocycles. The minimum absolute atomic E-state index is 0.265. The molecule has 0 saturated carbocycles. The first-order valence-electron chi connectivity index (χ1n) is 6.55. The van der Waals surface area contributed by atoms with Gasteiger partial charge in [0.15, 0.2) is 0 Å². The van der Waals surface area contributed by atoms with E-state index in [1.165, 1.54) is 12.1 Å². The van der Waals surface area contributed by atoms with Gasteiger partial charge in [-0.25, -0.2) is 14.1 Å². The summed E-state index contributed by atoms with van der Waals surface area (Å²) in [7, 11) is 0. The van der Waals surface area contributed by atoms with Crippen LogP contribution < -0.4 is 0 Å². The Kier molecular flexibility index (Phi) is 2.57. The van der Waals surface area contributed by atoms with E-state index < -0.39 is 0 Å². The average molecular weight is 278 g/mol. The zero-order chi connectivity index (χ0) is 14.2. The van der Waals surface area contributed by atoms with Crippen LogP contribution in [0.5, 0.6) is 0 Å². The summed E-state index contributed by atoms with van der Waals surface area (Å²) in [6.07, 6.45) is 5.44. The van der Waals surface area contributed by atoms with Crippen LogP contribution in [-0.2, 0) is 0 Å². The summed E-state index contributed by atoms with van der Waals surface area (Å²) >= 11 is 0. The number of hydrogen-bond donors (Lipinski definition) is 1. The number of hydrogen-bond acceptors (Lipinski definition) is 2. The predicted octanol–water partition coefficient (Wildman–Crippen LogP) is 3.55. The van der Waals surface area contributed by atoms with E-state index in [1.807, 2.05) is 36.7 Å². The van der Waals surface area contributed by atoms with Crippen LogP contribution in [0.2, 0.25) is 0 Å². The van der Waals surface area contributed by atoms with Gasteiger partial charge < -0.3 is 4.98 Å². The van der Waals surface area contributed by atoms with Crippen molar-refractivity contribution >= 4 is 11.0 Å². The molecule has 0 aliphatic carbocycles. The lowest BCUT2D eigenvalue weighted by Crippen LogP contribution is -1.96. The highest BCUT2D eigenvalue weighted by Crippen LogP contribution is 2.22. The van der Waals surface area contributed by atoms with Crippen molar-refractivity contribution in [2.24, 2.45) is 0 Å². The highest BCUT2D eigenvalue weighted by Gasteiger charge is 2.08. The van der Waals surface area contributed by atoms with Gasteiger partial charge in [0.1, 0.15) is 11.5 Å². The number of H-pyrrole nitrogens is 1. The molecule has 0 fully saturated rings. The fourth-order valence-corrected chi connectivity index (χ4v) is 2.41. The molecule has 0 atom stereocenters. The standard InChI is InChI=1S/C16H11FN4/c17-12-3-1-2-11(10-12)14-6-9-21(20-14)15-5-8-19-16-13(15)4-7-18-16/h1-10H,(H,18,19). The van der Waals surface area contributed by atoms with Gasteiger partial charge in [-0.3, -0.25) is 0 Å². The van der Waals surface area contributed by atoms with E-state index in [4.69, 9.17) is 0 Å². The lowest BCUT2D eigenvalue weighted by molar-refractivity contribution is 0.628. The van der Waals surface area contributed by atoms with Crippen molar-refractivity contribution in [3.8, 4) is 16.9 Å². The Bertz CT molecular complexity index is 923. The third-order valence-electron chi connectivity index (χ3n) is 3.39. The number of aromatic nitrogens is 4. The van der Waals surface area contributed by atoms with Crippen LogP contribution in [0.1, 0.15) is 0 Å². The Balaban J connectivity index is 1.83. The van der Waals surface area contributed by atoms with Crippen LogP contribution in [0.3, 0.4) is 0 Å². The molecule has 0 unspecified atom stereocenters. The molecule has 0 amide bonds. The number of rotatable bonds is 2. The Hall–Kier alpha value is -2.95. The van der Waals surface area contributed by atoms with E-state index >= 15 is 0 Å². The van der Waals surface area contributed by atoms with Gasteiger partial charge in [0.05, 0.1) is 11.4 Å². The normalized spacial score (nSPS) is 11.1. The molecule has 4 aromatic rings. The van der Waals surface area contributed by atoms with E-state index in [0.717, 1.165) is 28.0 Å². The number of aromatic amines is 1. The van der Waals surface area contributed by atoms with E-state index in [-0.39, 0.29) is 5.82 Å². The molecule has 0 radical (unpaired) electrons. The topological polar surface area (TPSA) is 46.5 Å². The maximum atomic E-state index is 13.3. The zero-order valence-electron chi connectivity index (χ0n) is 11.0. The Morgan fingerprint density at radius 3 is 2.95 bits per heavy atom. The lowest BCUT2D eigenvalue weighted by atomic mass is 10.1. The number of halogens is 1. The van der Waals surface area contributed by atoms with E-state index in [9.17, 15) is 4.39 Å². The maximum Gasteiger partial charge on any atom is 0.139 e. The van der Waals surface area contributed by atoms with Crippen molar-refractivity contribution in [3.63, 3.8) is 0 Å². The molecule has 102 valence electrons. The second-order valence-electron chi connectivity index (χ2n) is 4.73. The Labute approximate surface area is 119 Å². The predicted molar refractivity (Wildman–Crippen MR) is 78.6 cm³/mol. The van der Waals surface area contributed by atoms with Gasteiger partial charge in [0.2, 0.25) is 0 Å². The van der Waals surface area contributed by atoms with Gasteiger partial charge >= 0.3 is 0 Å². The number of benzene rings is 1. The minimum atomic E-state index is -0.265. The molecule has 5 heteroatoms. The first-order chi connectivity index (χ1) is 10.3. The molecule has 4 rings (SSSR count). The lowest BCUT2D eigenvalue weighted by Gasteiger charge is -2.02. The highest BCUT2D eigenvalue weighted by molar-refractivity contribution is 5.84. The van der Waals surface area contributed by atoms with Gasteiger partial charge in [0, 0.05) is 29.5 Å². The molecule has 21 heavy (non-hydrogen) atoms. The molecule has 0 aliphatic rings. The van der Waals surface area contributed by atoms with E-state index in [1.54, 1.807) is 16.9 Å². The van der Waals surface area contributed by atoms with Crippen molar-refractivity contribution in [1.82, 2.24) is 19.7 Å². The van der Waals surface area contributed by atoms with Crippen molar-refractivity contribution in [2.75, 3.05) is 0 Å². The fourth-order valence-electron chi connectivity index (χ4n) is 2.41. The molecule has 0 saturated heterocycles. The third kappa shape index (κ3) is 1.99. The van der Waals surface area contributed by atoms with Crippen LogP contribution in [-0.4, -0.2) is 19.7 Å². The van der Waals surface area contributed by atoms with Gasteiger partial charge in [-0.2, -0.15) is 5.10 Å². The molecule has 4 nitrogen and oxygen atoms in total. The molecule has 1 aromatic carbocycles. The Morgan fingerprint density at radius 2 is 2.05 bits per heavy atom. The van der Waals surface area contributed by atoms with Crippen LogP contribution in [0.4, 0.5) is 4.39 Å². The van der Waals surface area contributed by atoms with Gasteiger partial charge in [0.25, 0.3) is 0 Å². The van der Waals surface area contributed by atoms with E-state index in [2.05, 4.69) is 15.1 Å². The summed E-state index contributed by atoms with van der Waals surface area (Å²) in [5.74, 6) is -0.265. The average Bonchev–Trinajstić information content (AvgIpc) is 3.16. The molecule has 0 bridgehead atoms. The van der Waals surface area contributed by atoms with E-state index in [0.29, 0.717) is 0 Å². The quantitative estimate of drug-likeness (QED) is 0.609. The van der Waals surface area contributed by atoms with Crippen molar-refractivity contribution in [1.29, 1.82) is 0 Å². The summed E-state index contributed by atoms with van der Waals surface area (Å²) in [4.78, 5) is 7.33. The molecule has 3 heterocycles. The smallest absolute Gasteiger partial charge is 0.139 e. The van der Waals surface area contributed by atoms with Crippen LogP contribution >= 0.6 is 0 Å². The van der Waals surface area contributed by atoms with Crippen LogP contribution in [0.25, 0.3) is 28.0 Å². The fraction of sp³-hybridized carbons (Fsp3) is 0. The Morgan fingerprint density at radius 1 is 1.10 bits per heavy atom. The monoisotopic (exact) mass is 278 g/mol. The summed E-state index contributed by atoms with van der Waals surface area (Å²) in [6, 6.07) is 12.2. The number of nitrogens with zero attached hydrogens (tertiary/aromatic N) is 3. The third-order valence-corrected chi connectivity index (χ3v) is 3.39. The number of nitrogens with one attached hydrogen (secondary N) is 1. The molecular weight excluding hydrogens is 267 g/mol. The van der Waals surface area contributed by atoms with Crippen molar-refractivity contribution in [2.45, 2.75) is 0 Å². The molecule has 0 spiro atoms. The molecule has 1 N–H and O–H groups in total. The number of fused-ring (bicyclic) bond motifs is 1. The SMILES string of the molecule is Fc1cccc(-c2ccn(-c3ccnc4[nH]ccc34)n2)c1. The summed E-state index contributed by atoms with van der Waals surface area (Å²) in [6.45, 7) is 0. The second-order valence-corrected chi connectivity index (χ2v) is 4.73.